The van der Waals surface area contributed by atoms with Gasteiger partial charge in [-0.05, 0) is 56.6 Å². The van der Waals surface area contributed by atoms with E-state index < -0.39 is 5.41 Å². The van der Waals surface area contributed by atoms with Crippen LogP contribution in [0.3, 0.4) is 0 Å². The lowest BCUT2D eigenvalue weighted by molar-refractivity contribution is -0.122. The molecule has 0 bridgehead atoms. The molecule has 1 amide bonds. The molecule has 0 saturated carbocycles. The summed E-state index contributed by atoms with van der Waals surface area (Å²) in [6.45, 7) is 6.67. The van der Waals surface area contributed by atoms with Crippen LogP contribution in [0, 0.1) is 0 Å². The number of carbonyl (C=O) groups excluding carboxylic acids is 1. The van der Waals surface area contributed by atoms with Crippen LogP contribution in [0.25, 0.3) is 0 Å². The van der Waals surface area contributed by atoms with Crippen LogP contribution < -0.4 is 24.4 Å². The Balaban J connectivity index is 1.15. The summed E-state index contributed by atoms with van der Waals surface area (Å²) in [5.74, 6) is 2.16. The van der Waals surface area contributed by atoms with Crippen molar-refractivity contribution >= 4 is 11.6 Å². The van der Waals surface area contributed by atoms with Gasteiger partial charge in [0.05, 0.1) is 0 Å². The number of para-hydroxylation sites is 1. The molecule has 1 fully saturated rings. The summed E-state index contributed by atoms with van der Waals surface area (Å²) in [6.07, 6.45) is 4.93. The van der Waals surface area contributed by atoms with Gasteiger partial charge in [-0.2, -0.15) is 0 Å². The zero-order chi connectivity index (χ0) is 22.3. The summed E-state index contributed by atoms with van der Waals surface area (Å²) in [7, 11) is 0. The Morgan fingerprint density at radius 2 is 1.70 bits per heavy atom. The highest BCUT2D eigenvalue weighted by Crippen LogP contribution is 2.54. The number of rotatable bonds is 7. The highest BCUT2D eigenvalue weighted by molar-refractivity contribution is 6.11. The number of piperidine rings is 1. The Morgan fingerprint density at radius 3 is 2.58 bits per heavy atom. The van der Waals surface area contributed by atoms with Gasteiger partial charge in [0, 0.05) is 37.0 Å². The molecule has 7 heteroatoms. The Hall–Kier alpha value is -2.77. The Kier molecular flexibility index (Phi) is 5.38. The van der Waals surface area contributed by atoms with Gasteiger partial charge >= 0.3 is 0 Å². The molecular formula is C26H31N3O4. The number of fused-ring (bicyclic) bond motifs is 5. The van der Waals surface area contributed by atoms with Crippen LogP contribution in [0.15, 0.2) is 36.4 Å². The summed E-state index contributed by atoms with van der Waals surface area (Å²) in [6, 6.07) is 11.9. The summed E-state index contributed by atoms with van der Waals surface area (Å²) < 4.78 is 17.2. The van der Waals surface area contributed by atoms with Crippen molar-refractivity contribution in [3.63, 3.8) is 0 Å². The molecule has 4 aliphatic rings. The predicted molar refractivity (Wildman–Crippen MR) is 125 cm³/mol. The average molecular weight is 450 g/mol. The van der Waals surface area contributed by atoms with Crippen LogP contribution in [0.5, 0.6) is 17.2 Å². The van der Waals surface area contributed by atoms with Gasteiger partial charge in [0.2, 0.25) is 12.7 Å². The topological polar surface area (TPSA) is 63.3 Å². The first-order valence-electron chi connectivity index (χ1n) is 12.2. The van der Waals surface area contributed by atoms with E-state index in [0.717, 1.165) is 42.9 Å². The maximum Gasteiger partial charge on any atom is 0.245 e. The number of benzene rings is 2. The number of amides is 1. The molecule has 6 rings (SSSR count). The molecule has 1 saturated heterocycles. The van der Waals surface area contributed by atoms with Crippen molar-refractivity contribution in [3.05, 3.63) is 47.5 Å². The first-order chi connectivity index (χ1) is 16.3. The Bertz CT molecular complexity index is 1050. The lowest BCUT2D eigenvalue weighted by atomic mass is 9.77. The van der Waals surface area contributed by atoms with Gasteiger partial charge in [0.25, 0.3) is 0 Å². The molecule has 1 spiro atoms. The van der Waals surface area contributed by atoms with Crippen LogP contribution in [0.2, 0.25) is 0 Å². The minimum atomic E-state index is -0.811. The molecule has 0 aliphatic carbocycles. The molecule has 4 aliphatic heterocycles. The molecule has 2 aromatic rings. The summed E-state index contributed by atoms with van der Waals surface area (Å²) in [4.78, 5) is 18.4. The van der Waals surface area contributed by atoms with Gasteiger partial charge in [-0.25, -0.2) is 0 Å². The number of likely N-dealkylation sites (tertiary alicyclic amines) is 1. The fraction of sp³-hybridized carbons (Fsp3) is 0.500. The van der Waals surface area contributed by atoms with Gasteiger partial charge < -0.3 is 29.3 Å². The average Bonchev–Trinajstić information content (AvgIpc) is 3.52. The highest BCUT2D eigenvalue weighted by atomic mass is 16.7. The third-order valence-corrected chi connectivity index (χ3v) is 7.43. The molecule has 174 valence electrons. The SMILES string of the molecule is O=C1N(CCCNCCN2CCCCC2)c2ccccc2C12COc1cc3c(cc12)OCO3. The van der Waals surface area contributed by atoms with E-state index in [1.165, 1.54) is 32.4 Å². The number of ether oxygens (including phenoxy) is 3. The van der Waals surface area contributed by atoms with Crippen molar-refractivity contribution in [1.82, 2.24) is 10.2 Å². The van der Waals surface area contributed by atoms with Gasteiger partial charge in [-0.3, -0.25) is 4.79 Å². The molecule has 1 atom stereocenters. The second kappa shape index (κ2) is 8.54. The summed E-state index contributed by atoms with van der Waals surface area (Å²) in [5, 5.41) is 3.57. The normalized spacial score (nSPS) is 23.2. The molecule has 1 N–H and O–H groups in total. The zero-order valence-electron chi connectivity index (χ0n) is 19.0. The molecule has 2 aromatic carbocycles. The summed E-state index contributed by atoms with van der Waals surface area (Å²) in [5.41, 5.74) is 2.08. The van der Waals surface area contributed by atoms with Crippen LogP contribution in [0.1, 0.15) is 36.8 Å². The smallest absolute Gasteiger partial charge is 0.245 e. The third kappa shape index (κ3) is 3.45. The van der Waals surface area contributed by atoms with E-state index in [0.29, 0.717) is 30.4 Å². The lowest BCUT2D eigenvalue weighted by Gasteiger charge is -2.26. The van der Waals surface area contributed by atoms with Gasteiger partial charge in [-0.15, -0.1) is 0 Å². The molecule has 33 heavy (non-hydrogen) atoms. The predicted octanol–water partition coefficient (Wildman–Crippen LogP) is 2.91. The number of nitrogens with zero attached hydrogens (tertiary/aromatic N) is 2. The maximum absolute atomic E-state index is 13.9. The Labute approximate surface area is 194 Å². The zero-order valence-corrected chi connectivity index (χ0v) is 19.0. The van der Waals surface area contributed by atoms with Crippen molar-refractivity contribution in [3.8, 4) is 17.2 Å². The Morgan fingerprint density at radius 1 is 0.879 bits per heavy atom. The molecule has 7 nitrogen and oxygen atoms in total. The highest BCUT2D eigenvalue weighted by Gasteiger charge is 2.57. The van der Waals surface area contributed by atoms with E-state index in [4.69, 9.17) is 14.2 Å². The monoisotopic (exact) mass is 449 g/mol. The number of hydrogen-bond donors (Lipinski definition) is 1. The second-order valence-corrected chi connectivity index (χ2v) is 9.38. The van der Waals surface area contributed by atoms with E-state index in [1.807, 2.05) is 29.2 Å². The van der Waals surface area contributed by atoms with Crippen LogP contribution in [-0.2, 0) is 10.2 Å². The van der Waals surface area contributed by atoms with E-state index in [9.17, 15) is 4.79 Å². The number of nitrogens with one attached hydrogen (secondary N) is 1. The van der Waals surface area contributed by atoms with E-state index in [-0.39, 0.29) is 12.7 Å². The van der Waals surface area contributed by atoms with Gasteiger partial charge in [0.1, 0.15) is 17.8 Å². The minimum Gasteiger partial charge on any atom is -0.491 e. The van der Waals surface area contributed by atoms with Crippen LogP contribution >= 0.6 is 0 Å². The first-order valence-corrected chi connectivity index (χ1v) is 12.2. The van der Waals surface area contributed by atoms with E-state index in [1.54, 1.807) is 0 Å². The molecule has 1 unspecified atom stereocenters. The maximum atomic E-state index is 13.9. The first kappa shape index (κ1) is 20.8. The minimum absolute atomic E-state index is 0.0923. The number of carbonyl (C=O) groups is 1. The fourth-order valence-corrected chi connectivity index (χ4v) is 5.69. The van der Waals surface area contributed by atoms with Crippen molar-refractivity contribution in [2.45, 2.75) is 31.1 Å². The third-order valence-electron chi connectivity index (χ3n) is 7.43. The quantitative estimate of drug-likeness (QED) is 0.656. The van der Waals surface area contributed by atoms with Crippen molar-refractivity contribution in [2.75, 3.05) is 57.6 Å². The largest absolute Gasteiger partial charge is 0.491 e. The van der Waals surface area contributed by atoms with Crippen LogP contribution in [0.4, 0.5) is 5.69 Å². The van der Waals surface area contributed by atoms with E-state index >= 15 is 0 Å². The lowest BCUT2D eigenvalue weighted by Crippen LogP contribution is -2.43. The van der Waals surface area contributed by atoms with Gasteiger partial charge in [0.15, 0.2) is 11.5 Å². The van der Waals surface area contributed by atoms with E-state index in [2.05, 4.69) is 22.3 Å². The molecular weight excluding hydrogens is 418 g/mol. The van der Waals surface area contributed by atoms with Crippen LogP contribution in [-0.4, -0.2) is 63.5 Å². The second-order valence-electron chi connectivity index (χ2n) is 9.38. The molecule has 0 radical (unpaired) electrons. The summed E-state index contributed by atoms with van der Waals surface area (Å²) >= 11 is 0. The van der Waals surface area contributed by atoms with Crippen molar-refractivity contribution in [2.24, 2.45) is 0 Å². The van der Waals surface area contributed by atoms with Crippen molar-refractivity contribution < 1.29 is 19.0 Å². The standard InChI is InChI=1S/C26H31N3O4/c30-25-26(17-31-22-16-24-23(15-20(22)26)32-18-33-24)19-7-2-3-8-21(19)29(25)13-6-9-27-10-14-28-11-4-1-5-12-28/h2-3,7-8,15-16,27H,1,4-6,9-14,17-18H2. The fourth-order valence-electron chi connectivity index (χ4n) is 5.69. The number of hydrogen-bond acceptors (Lipinski definition) is 6. The van der Waals surface area contributed by atoms with Gasteiger partial charge in [-0.1, -0.05) is 24.6 Å². The molecule has 0 aromatic heterocycles. The molecule has 4 heterocycles. The van der Waals surface area contributed by atoms with Crippen molar-refractivity contribution in [1.29, 1.82) is 0 Å². The number of anilines is 1.